The molecule has 6 nitrogen and oxygen atoms in total. The van der Waals surface area contributed by atoms with Crippen LogP contribution < -0.4 is 10.2 Å². The van der Waals surface area contributed by atoms with Crippen molar-refractivity contribution in [2.24, 2.45) is 0 Å². The first-order valence-corrected chi connectivity index (χ1v) is 11.3. The first-order valence-electron chi connectivity index (χ1n) is 11.3. The number of amides is 3. The molecule has 0 aliphatic carbocycles. The number of hydrogen-bond acceptors (Lipinski definition) is 3. The summed E-state index contributed by atoms with van der Waals surface area (Å²) in [6.45, 7) is 6.81. The van der Waals surface area contributed by atoms with Gasteiger partial charge in [-0.25, -0.2) is 4.39 Å². The van der Waals surface area contributed by atoms with E-state index >= 15 is 0 Å². The van der Waals surface area contributed by atoms with E-state index in [0.717, 1.165) is 10.8 Å². The van der Waals surface area contributed by atoms with Gasteiger partial charge >= 0.3 is 0 Å². The molecule has 0 aromatic heterocycles. The summed E-state index contributed by atoms with van der Waals surface area (Å²) < 4.78 is 14.4. The molecule has 1 aliphatic rings. The van der Waals surface area contributed by atoms with Crippen LogP contribution in [0.25, 0.3) is 10.8 Å². The van der Waals surface area contributed by atoms with Gasteiger partial charge < -0.3 is 10.2 Å². The molecule has 0 radical (unpaired) electrons. The van der Waals surface area contributed by atoms with Crippen LogP contribution in [0.4, 0.5) is 10.1 Å². The molecule has 1 atom stereocenters. The van der Waals surface area contributed by atoms with Crippen molar-refractivity contribution in [3.8, 4) is 0 Å². The highest BCUT2D eigenvalue weighted by Gasteiger charge is 2.35. The van der Waals surface area contributed by atoms with Crippen molar-refractivity contribution >= 4 is 34.2 Å². The van der Waals surface area contributed by atoms with Gasteiger partial charge in [-0.2, -0.15) is 0 Å². The fraction of sp³-hybridized carbons (Fsp3) is 0.296. The minimum Gasteiger partial charge on any atom is -0.350 e. The van der Waals surface area contributed by atoms with Crippen LogP contribution in [-0.4, -0.2) is 40.7 Å². The molecule has 4 rings (SSSR count). The number of carbonyl (C=O) groups is 3. The smallest absolute Gasteiger partial charge is 0.259 e. The molecule has 0 saturated heterocycles. The maximum atomic E-state index is 14.4. The zero-order chi connectivity index (χ0) is 24.6. The van der Waals surface area contributed by atoms with E-state index in [4.69, 9.17) is 0 Å². The van der Waals surface area contributed by atoms with Gasteiger partial charge in [-0.05, 0) is 51.3 Å². The summed E-state index contributed by atoms with van der Waals surface area (Å²) in [6, 6.07) is 16.3. The molecule has 34 heavy (non-hydrogen) atoms. The van der Waals surface area contributed by atoms with E-state index in [-0.39, 0.29) is 24.9 Å². The fourth-order valence-electron chi connectivity index (χ4n) is 4.23. The van der Waals surface area contributed by atoms with Crippen molar-refractivity contribution in [3.63, 3.8) is 0 Å². The van der Waals surface area contributed by atoms with Crippen LogP contribution in [0.3, 0.4) is 0 Å². The predicted molar refractivity (Wildman–Crippen MR) is 130 cm³/mol. The molecule has 3 amide bonds. The van der Waals surface area contributed by atoms with Crippen molar-refractivity contribution < 1.29 is 18.8 Å². The summed E-state index contributed by atoms with van der Waals surface area (Å²) in [7, 11) is 0. The summed E-state index contributed by atoms with van der Waals surface area (Å²) in [5, 5.41) is 4.60. The number of anilines is 1. The first kappa shape index (κ1) is 23.4. The normalized spacial score (nSPS) is 13.8. The lowest BCUT2D eigenvalue weighted by atomic mass is 10.1. The van der Waals surface area contributed by atoms with Crippen molar-refractivity contribution in [2.45, 2.75) is 45.8 Å². The van der Waals surface area contributed by atoms with Crippen LogP contribution in [0.15, 0.2) is 60.7 Å². The molecule has 1 N–H and O–H groups in total. The van der Waals surface area contributed by atoms with Crippen LogP contribution in [0, 0.1) is 5.82 Å². The number of rotatable bonds is 6. The van der Waals surface area contributed by atoms with Gasteiger partial charge in [0.1, 0.15) is 18.4 Å². The van der Waals surface area contributed by atoms with Gasteiger partial charge in [0.15, 0.2) is 0 Å². The zero-order valence-corrected chi connectivity index (χ0v) is 19.8. The second-order valence-electron chi connectivity index (χ2n) is 9.60. The van der Waals surface area contributed by atoms with Crippen molar-refractivity contribution in [2.75, 3.05) is 11.4 Å². The van der Waals surface area contributed by atoms with Crippen molar-refractivity contribution in [1.82, 2.24) is 10.2 Å². The summed E-state index contributed by atoms with van der Waals surface area (Å²) in [5.74, 6) is -1.52. The Morgan fingerprint density at radius 1 is 1.03 bits per heavy atom. The quantitative estimate of drug-likeness (QED) is 0.596. The number of benzene rings is 3. The maximum Gasteiger partial charge on any atom is 0.259 e. The number of nitrogens with zero attached hydrogens (tertiary/aromatic N) is 2. The Morgan fingerprint density at radius 2 is 1.71 bits per heavy atom. The lowest BCUT2D eigenvalue weighted by Crippen LogP contribution is -2.54. The van der Waals surface area contributed by atoms with Crippen LogP contribution in [0.2, 0.25) is 0 Å². The van der Waals surface area contributed by atoms with E-state index < -0.39 is 23.3 Å². The van der Waals surface area contributed by atoms with E-state index in [9.17, 15) is 18.8 Å². The topological polar surface area (TPSA) is 69.7 Å². The largest absolute Gasteiger partial charge is 0.350 e. The molecular formula is C27H28FN3O3. The number of hydrogen-bond donors (Lipinski definition) is 1. The Kier molecular flexibility index (Phi) is 6.13. The van der Waals surface area contributed by atoms with Crippen molar-refractivity contribution in [3.05, 3.63) is 77.6 Å². The third kappa shape index (κ3) is 4.51. The van der Waals surface area contributed by atoms with E-state index in [0.29, 0.717) is 16.8 Å². The summed E-state index contributed by atoms with van der Waals surface area (Å²) in [5.41, 5.74) is 0.994. The third-order valence-electron chi connectivity index (χ3n) is 5.91. The van der Waals surface area contributed by atoms with E-state index in [1.54, 1.807) is 37.3 Å². The highest BCUT2D eigenvalue weighted by atomic mass is 19.1. The molecule has 1 aliphatic heterocycles. The van der Waals surface area contributed by atoms with Crippen LogP contribution in [0.1, 0.15) is 43.6 Å². The highest BCUT2D eigenvalue weighted by molar-refractivity contribution is 6.26. The molecule has 0 fully saturated rings. The summed E-state index contributed by atoms with van der Waals surface area (Å²) >= 11 is 0. The molecule has 176 valence electrons. The summed E-state index contributed by atoms with van der Waals surface area (Å²) in [6.07, 6.45) is 0. The minimum atomic E-state index is -0.873. The van der Waals surface area contributed by atoms with Crippen molar-refractivity contribution in [1.29, 1.82) is 0 Å². The average Bonchev–Trinajstić information content (AvgIpc) is 3.05. The second-order valence-corrected chi connectivity index (χ2v) is 9.60. The number of halogens is 1. The average molecular weight is 462 g/mol. The van der Waals surface area contributed by atoms with Gasteiger partial charge in [-0.3, -0.25) is 19.3 Å². The van der Waals surface area contributed by atoms with Crippen LogP contribution in [-0.2, 0) is 16.1 Å². The molecule has 3 aromatic rings. The zero-order valence-electron chi connectivity index (χ0n) is 19.8. The van der Waals surface area contributed by atoms with Gasteiger partial charge in [0.05, 0.1) is 5.69 Å². The molecule has 0 saturated carbocycles. The van der Waals surface area contributed by atoms with Gasteiger partial charge in [0.25, 0.3) is 5.91 Å². The van der Waals surface area contributed by atoms with E-state index in [1.807, 2.05) is 45.0 Å². The SMILES string of the molecule is C[C@H](C(=O)NC(C)(C)C)N(Cc1ccccc1F)C(=O)CN1C(=O)c2cccc3cccc1c23. The molecule has 3 aromatic carbocycles. The Bertz CT molecular complexity index is 1280. The summed E-state index contributed by atoms with van der Waals surface area (Å²) in [4.78, 5) is 42.4. The molecule has 0 unspecified atom stereocenters. The maximum absolute atomic E-state index is 14.4. The monoisotopic (exact) mass is 461 g/mol. The lowest BCUT2D eigenvalue weighted by molar-refractivity contribution is -0.140. The van der Waals surface area contributed by atoms with Gasteiger partial charge in [-0.1, -0.05) is 42.5 Å². The molecule has 7 heteroatoms. The minimum absolute atomic E-state index is 0.0938. The molecule has 1 heterocycles. The van der Waals surface area contributed by atoms with Gasteiger partial charge in [-0.15, -0.1) is 0 Å². The Hall–Kier alpha value is -3.74. The fourth-order valence-corrected chi connectivity index (χ4v) is 4.23. The third-order valence-corrected chi connectivity index (χ3v) is 5.91. The van der Waals surface area contributed by atoms with E-state index in [1.165, 1.54) is 15.9 Å². The second kappa shape index (κ2) is 8.89. The lowest BCUT2D eigenvalue weighted by Gasteiger charge is -2.32. The number of carbonyl (C=O) groups excluding carboxylic acids is 3. The molecule has 0 bridgehead atoms. The van der Waals surface area contributed by atoms with Gasteiger partial charge in [0, 0.05) is 28.6 Å². The Labute approximate surface area is 198 Å². The highest BCUT2D eigenvalue weighted by Crippen LogP contribution is 2.37. The molecular weight excluding hydrogens is 433 g/mol. The van der Waals surface area contributed by atoms with Crippen LogP contribution in [0.5, 0.6) is 0 Å². The van der Waals surface area contributed by atoms with Gasteiger partial charge in [0.2, 0.25) is 11.8 Å². The molecule has 0 spiro atoms. The Morgan fingerprint density at radius 3 is 2.38 bits per heavy atom. The number of nitrogens with one attached hydrogen (secondary N) is 1. The predicted octanol–water partition coefficient (Wildman–Crippen LogP) is 4.27. The standard InChI is InChI=1S/C27H28FN3O3/c1-17(25(33)29-27(2,3)4)30(15-19-9-5-6-13-21(19)28)23(32)16-31-22-14-8-11-18-10-7-12-20(24(18)22)26(31)34/h5-14,17H,15-16H2,1-4H3,(H,29,33)/t17-/m1/s1. The van der Waals surface area contributed by atoms with Crippen LogP contribution >= 0.6 is 0 Å². The Balaban J connectivity index is 1.64. The van der Waals surface area contributed by atoms with E-state index in [2.05, 4.69) is 5.32 Å². The first-order chi connectivity index (χ1) is 16.1.